The number of carbonyl (C=O) groups is 1. The number of aryl methyl sites for hydroxylation is 1. The van der Waals surface area contributed by atoms with Gasteiger partial charge < -0.3 is 10.6 Å². The second kappa shape index (κ2) is 4.87. The number of hydrogen-bond acceptors (Lipinski definition) is 4. The molecule has 0 fully saturated rings. The number of pyridine rings is 1. The molecule has 3 N–H and O–H groups in total. The van der Waals surface area contributed by atoms with Crippen LogP contribution in [-0.4, -0.2) is 28.1 Å². The van der Waals surface area contributed by atoms with E-state index in [0.717, 1.165) is 11.4 Å². The molecule has 0 aliphatic rings. The number of nitrogen functional groups attached to an aromatic ring is 1. The Balaban J connectivity index is 2.29. The lowest BCUT2D eigenvalue weighted by Crippen LogP contribution is -2.27. The minimum absolute atomic E-state index is 0.241. The molecule has 0 unspecified atom stereocenters. The number of anilines is 2. The summed E-state index contributed by atoms with van der Waals surface area (Å²) in [6, 6.07) is 3.50. The fourth-order valence-corrected chi connectivity index (χ4v) is 1.66. The van der Waals surface area contributed by atoms with E-state index in [1.54, 1.807) is 31.6 Å². The van der Waals surface area contributed by atoms with Crippen LogP contribution in [-0.2, 0) is 6.42 Å². The van der Waals surface area contributed by atoms with Gasteiger partial charge in [0.2, 0.25) is 0 Å². The molecule has 0 aromatic carbocycles. The average Bonchev–Trinajstić information content (AvgIpc) is 2.79. The molecule has 0 atom stereocenters. The van der Waals surface area contributed by atoms with Crippen molar-refractivity contribution in [1.29, 1.82) is 0 Å². The van der Waals surface area contributed by atoms with E-state index in [9.17, 15) is 4.79 Å². The highest BCUT2D eigenvalue weighted by molar-refractivity contribution is 6.07. The van der Waals surface area contributed by atoms with Crippen molar-refractivity contribution in [2.75, 3.05) is 17.7 Å². The maximum absolute atomic E-state index is 12.2. The third kappa shape index (κ3) is 2.04. The molecule has 2 aromatic rings. The van der Waals surface area contributed by atoms with Crippen molar-refractivity contribution in [1.82, 2.24) is 15.2 Å². The number of rotatable bonds is 3. The minimum Gasteiger partial charge on any atom is -0.395 e. The van der Waals surface area contributed by atoms with E-state index in [1.807, 2.05) is 6.92 Å². The molecule has 0 bridgehead atoms. The number of aromatic nitrogens is 3. The van der Waals surface area contributed by atoms with E-state index < -0.39 is 0 Å². The first-order chi connectivity index (χ1) is 8.65. The standard InChI is InChI=1S/C12H15N5O/c1-3-9-10(13)11(16-15-9)12(18)17(2)8-4-6-14-7-5-8/h4-7H,3,13H2,1-2H3,(H,15,16). The molecule has 2 aromatic heterocycles. The van der Waals surface area contributed by atoms with Gasteiger partial charge in [-0.15, -0.1) is 0 Å². The van der Waals surface area contributed by atoms with Gasteiger partial charge in [0.05, 0.1) is 11.4 Å². The zero-order valence-electron chi connectivity index (χ0n) is 10.3. The Morgan fingerprint density at radius 3 is 2.67 bits per heavy atom. The highest BCUT2D eigenvalue weighted by Crippen LogP contribution is 2.19. The van der Waals surface area contributed by atoms with Crippen LogP contribution >= 0.6 is 0 Å². The Bertz CT molecular complexity index is 549. The lowest BCUT2D eigenvalue weighted by Gasteiger charge is -2.15. The second-order valence-electron chi connectivity index (χ2n) is 3.89. The summed E-state index contributed by atoms with van der Waals surface area (Å²) in [7, 11) is 1.68. The van der Waals surface area contributed by atoms with Crippen LogP contribution in [0, 0.1) is 0 Å². The molecule has 6 nitrogen and oxygen atoms in total. The van der Waals surface area contributed by atoms with Gasteiger partial charge in [-0.05, 0) is 18.6 Å². The van der Waals surface area contributed by atoms with Gasteiger partial charge in [-0.25, -0.2) is 0 Å². The molecule has 6 heteroatoms. The Hall–Kier alpha value is -2.37. The van der Waals surface area contributed by atoms with E-state index in [1.165, 1.54) is 4.90 Å². The predicted octanol–water partition coefficient (Wildman–Crippen LogP) is 1.23. The first-order valence-corrected chi connectivity index (χ1v) is 5.66. The molecule has 2 heterocycles. The third-order valence-corrected chi connectivity index (χ3v) is 2.79. The lowest BCUT2D eigenvalue weighted by molar-refractivity contribution is 0.0989. The Kier molecular flexibility index (Phi) is 3.27. The Morgan fingerprint density at radius 2 is 2.11 bits per heavy atom. The van der Waals surface area contributed by atoms with Gasteiger partial charge in [-0.3, -0.25) is 14.9 Å². The number of nitrogens with one attached hydrogen (secondary N) is 1. The van der Waals surface area contributed by atoms with Crippen LogP contribution in [0.5, 0.6) is 0 Å². The molecule has 2 rings (SSSR count). The van der Waals surface area contributed by atoms with E-state index >= 15 is 0 Å². The van der Waals surface area contributed by atoms with Gasteiger partial charge in [-0.2, -0.15) is 5.10 Å². The zero-order chi connectivity index (χ0) is 13.1. The van der Waals surface area contributed by atoms with Crippen LogP contribution in [0.25, 0.3) is 0 Å². The van der Waals surface area contributed by atoms with Gasteiger partial charge in [0.15, 0.2) is 5.69 Å². The molecule has 18 heavy (non-hydrogen) atoms. The van der Waals surface area contributed by atoms with Crippen LogP contribution in [0.15, 0.2) is 24.5 Å². The van der Waals surface area contributed by atoms with Gasteiger partial charge >= 0.3 is 0 Å². The number of H-pyrrole nitrogens is 1. The number of nitrogens with zero attached hydrogens (tertiary/aromatic N) is 3. The normalized spacial score (nSPS) is 10.3. The van der Waals surface area contributed by atoms with E-state index in [2.05, 4.69) is 15.2 Å². The summed E-state index contributed by atoms with van der Waals surface area (Å²) in [4.78, 5) is 17.6. The van der Waals surface area contributed by atoms with Crippen molar-refractivity contribution in [3.63, 3.8) is 0 Å². The number of amides is 1. The average molecular weight is 245 g/mol. The smallest absolute Gasteiger partial charge is 0.280 e. The number of aromatic amines is 1. The van der Waals surface area contributed by atoms with Crippen molar-refractivity contribution in [2.24, 2.45) is 0 Å². The molecule has 0 aliphatic carbocycles. The topological polar surface area (TPSA) is 87.9 Å². The molecule has 94 valence electrons. The monoisotopic (exact) mass is 245 g/mol. The summed E-state index contributed by atoms with van der Waals surface area (Å²) in [6.07, 6.45) is 3.97. The fourth-order valence-electron chi connectivity index (χ4n) is 1.66. The fraction of sp³-hybridized carbons (Fsp3) is 0.250. The lowest BCUT2D eigenvalue weighted by atomic mass is 10.2. The maximum atomic E-state index is 12.2. The molecule has 0 saturated carbocycles. The van der Waals surface area contributed by atoms with Gasteiger partial charge in [0, 0.05) is 25.1 Å². The van der Waals surface area contributed by atoms with Crippen LogP contribution < -0.4 is 10.6 Å². The van der Waals surface area contributed by atoms with Crippen molar-refractivity contribution in [3.05, 3.63) is 35.9 Å². The largest absolute Gasteiger partial charge is 0.395 e. The highest BCUT2D eigenvalue weighted by atomic mass is 16.2. The first-order valence-electron chi connectivity index (χ1n) is 5.66. The van der Waals surface area contributed by atoms with Crippen LogP contribution in [0.3, 0.4) is 0 Å². The van der Waals surface area contributed by atoms with E-state index in [4.69, 9.17) is 5.73 Å². The number of carbonyl (C=O) groups excluding carboxylic acids is 1. The zero-order valence-corrected chi connectivity index (χ0v) is 10.3. The van der Waals surface area contributed by atoms with Gasteiger partial charge in [0.25, 0.3) is 5.91 Å². The van der Waals surface area contributed by atoms with Crippen LogP contribution in [0.4, 0.5) is 11.4 Å². The van der Waals surface area contributed by atoms with Crippen molar-refractivity contribution >= 4 is 17.3 Å². The summed E-state index contributed by atoms with van der Waals surface area (Å²) in [5, 5.41) is 6.75. The predicted molar refractivity (Wildman–Crippen MR) is 69.3 cm³/mol. The molecule has 0 radical (unpaired) electrons. The molecule has 0 aliphatic heterocycles. The van der Waals surface area contributed by atoms with Crippen LogP contribution in [0.2, 0.25) is 0 Å². The second-order valence-corrected chi connectivity index (χ2v) is 3.89. The van der Waals surface area contributed by atoms with Crippen LogP contribution in [0.1, 0.15) is 23.1 Å². The van der Waals surface area contributed by atoms with Crippen molar-refractivity contribution in [2.45, 2.75) is 13.3 Å². The summed E-state index contributed by atoms with van der Waals surface area (Å²) < 4.78 is 0. The van der Waals surface area contributed by atoms with E-state index in [-0.39, 0.29) is 11.6 Å². The molecule has 1 amide bonds. The third-order valence-electron chi connectivity index (χ3n) is 2.79. The summed E-state index contributed by atoms with van der Waals surface area (Å²) >= 11 is 0. The van der Waals surface area contributed by atoms with Gasteiger partial charge in [-0.1, -0.05) is 6.92 Å². The number of nitrogens with two attached hydrogens (primary N) is 1. The SMILES string of the molecule is CCc1[nH]nc(C(=O)N(C)c2ccncc2)c1N. The Morgan fingerprint density at radius 1 is 1.44 bits per heavy atom. The molecular weight excluding hydrogens is 230 g/mol. The molecular formula is C12H15N5O. The molecule has 0 spiro atoms. The van der Waals surface area contributed by atoms with E-state index in [0.29, 0.717) is 12.1 Å². The maximum Gasteiger partial charge on any atom is 0.280 e. The highest BCUT2D eigenvalue weighted by Gasteiger charge is 2.20. The Labute approximate surface area is 105 Å². The van der Waals surface area contributed by atoms with Crippen molar-refractivity contribution < 1.29 is 4.79 Å². The summed E-state index contributed by atoms with van der Waals surface area (Å²) in [5.74, 6) is -0.241. The minimum atomic E-state index is -0.241. The van der Waals surface area contributed by atoms with Gasteiger partial charge in [0.1, 0.15) is 0 Å². The first kappa shape index (κ1) is 12.1. The summed E-state index contributed by atoms with van der Waals surface area (Å²) in [6.45, 7) is 1.95. The quantitative estimate of drug-likeness (QED) is 0.851. The molecule has 0 saturated heterocycles. The number of hydrogen-bond donors (Lipinski definition) is 2. The summed E-state index contributed by atoms with van der Waals surface area (Å²) in [5.41, 5.74) is 8.08. The van der Waals surface area contributed by atoms with Crippen molar-refractivity contribution in [3.8, 4) is 0 Å².